The van der Waals surface area contributed by atoms with Crippen LogP contribution >= 0.6 is 0 Å². The van der Waals surface area contributed by atoms with Gasteiger partial charge in [-0.25, -0.2) is 0 Å². The van der Waals surface area contributed by atoms with E-state index in [0.717, 1.165) is 10.6 Å². The summed E-state index contributed by atoms with van der Waals surface area (Å²) in [5.74, 6) is 0.00575. The summed E-state index contributed by atoms with van der Waals surface area (Å²) < 4.78 is 76.5. The summed E-state index contributed by atoms with van der Waals surface area (Å²) in [5, 5.41) is -0.112. The molecule has 0 fully saturated rings. The van der Waals surface area contributed by atoms with Crippen LogP contribution in [-0.2, 0) is 10.1 Å². The molecule has 0 saturated heterocycles. The Kier molecular flexibility index (Phi) is 5.18. The van der Waals surface area contributed by atoms with Crippen LogP contribution in [0.3, 0.4) is 0 Å². The molecule has 0 atom stereocenters. The van der Waals surface area contributed by atoms with E-state index < -0.39 is 26.9 Å². The molecule has 0 aliphatic heterocycles. The van der Waals surface area contributed by atoms with Crippen molar-refractivity contribution < 1.29 is 35.2 Å². The van der Waals surface area contributed by atoms with Gasteiger partial charge in [0.1, 0.15) is 0 Å². The second-order valence-electron chi connectivity index (χ2n) is 5.73. The van der Waals surface area contributed by atoms with E-state index in [9.17, 15) is 26.4 Å². The van der Waals surface area contributed by atoms with Crippen LogP contribution in [0.2, 0.25) is 0 Å². The van der Waals surface area contributed by atoms with Gasteiger partial charge in [-0.05, 0) is 29.7 Å². The summed E-state index contributed by atoms with van der Waals surface area (Å²) in [5.41, 5.74) is -6.09. The van der Waals surface area contributed by atoms with E-state index >= 15 is 0 Å². The first-order valence-electron chi connectivity index (χ1n) is 7.96. The predicted octanol–water partition coefficient (Wildman–Crippen LogP) is 3.24. The smallest absolute Gasteiger partial charge is 0.493 e. The Bertz CT molecular complexity index is 1230. The van der Waals surface area contributed by atoms with Crippen molar-refractivity contribution in [1.29, 1.82) is 0 Å². The lowest BCUT2D eigenvalue weighted by Gasteiger charge is -2.14. The van der Waals surface area contributed by atoms with Gasteiger partial charge in [-0.2, -0.15) is 21.6 Å². The zero-order chi connectivity index (χ0) is 21.4. The Balaban J connectivity index is 2.21. The van der Waals surface area contributed by atoms with E-state index in [-0.39, 0.29) is 10.8 Å². The molecule has 29 heavy (non-hydrogen) atoms. The maximum Gasteiger partial charge on any atom is 0.534 e. The van der Waals surface area contributed by atoms with Crippen molar-refractivity contribution in [3.05, 3.63) is 59.0 Å². The zero-order valence-electron chi connectivity index (χ0n) is 15.1. The number of pyridine rings is 1. The van der Waals surface area contributed by atoms with Gasteiger partial charge in [0.25, 0.3) is 5.56 Å². The molecule has 2 aromatic carbocycles. The van der Waals surface area contributed by atoms with E-state index in [1.807, 2.05) is 0 Å². The Morgan fingerprint density at radius 3 is 2.24 bits per heavy atom. The lowest BCUT2D eigenvalue weighted by atomic mass is 10.1. The number of fused-ring (bicyclic) bond motifs is 1. The average Bonchev–Trinajstić information content (AvgIpc) is 2.66. The zero-order valence-corrected chi connectivity index (χ0v) is 15.9. The normalized spacial score (nSPS) is 12.0. The largest absolute Gasteiger partial charge is 0.534 e. The van der Waals surface area contributed by atoms with Gasteiger partial charge in [-0.3, -0.25) is 9.36 Å². The van der Waals surface area contributed by atoms with E-state index in [1.54, 1.807) is 6.07 Å². The molecule has 0 aliphatic rings. The number of benzene rings is 2. The van der Waals surface area contributed by atoms with E-state index in [0.29, 0.717) is 17.2 Å². The first kappa shape index (κ1) is 20.5. The van der Waals surface area contributed by atoms with Crippen molar-refractivity contribution in [3.63, 3.8) is 0 Å². The Morgan fingerprint density at radius 2 is 1.62 bits per heavy atom. The number of aromatic nitrogens is 1. The molecule has 0 aliphatic carbocycles. The number of alkyl halides is 3. The molecule has 0 saturated carbocycles. The molecule has 0 unspecified atom stereocenters. The maximum absolute atomic E-state index is 13.0. The van der Waals surface area contributed by atoms with Crippen LogP contribution in [0.25, 0.3) is 16.5 Å². The topological polar surface area (TPSA) is 83.8 Å². The summed E-state index contributed by atoms with van der Waals surface area (Å²) in [6.07, 6.45) is 1.40. The summed E-state index contributed by atoms with van der Waals surface area (Å²) in [6, 6.07) is 9.72. The van der Waals surface area contributed by atoms with Crippen LogP contribution in [0.1, 0.15) is 0 Å². The molecule has 1 aromatic heterocycles. The fourth-order valence-electron chi connectivity index (χ4n) is 2.67. The minimum atomic E-state index is -5.94. The Hall–Kier alpha value is -3.21. The van der Waals surface area contributed by atoms with E-state index in [1.165, 1.54) is 50.7 Å². The molecule has 0 N–H and O–H groups in total. The van der Waals surface area contributed by atoms with Gasteiger partial charge in [0.15, 0.2) is 17.2 Å². The third-order valence-corrected chi connectivity index (χ3v) is 4.99. The molecule has 11 heteroatoms. The molecule has 3 rings (SSSR count). The number of methoxy groups -OCH3 is 2. The van der Waals surface area contributed by atoms with Crippen molar-refractivity contribution in [2.24, 2.45) is 0 Å². The van der Waals surface area contributed by atoms with Crippen molar-refractivity contribution >= 4 is 20.9 Å². The minimum absolute atomic E-state index is 0.210. The molecule has 0 bridgehead atoms. The lowest BCUT2D eigenvalue weighted by molar-refractivity contribution is -0.0499. The van der Waals surface area contributed by atoms with Crippen LogP contribution < -0.4 is 19.2 Å². The molecular weight excluding hydrogens is 415 g/mol. The summed E-state index contributed by atoms with van der Waals surface area (Å²) in [6.45, 7) is 0. The number of halogens is 3. The highest BCUT2D eigenvalue weighted by Crippen LogP contribution is 2.32. The monoisotopic (exact) mass is 429 g/mol. The molecule has 7 nitrogen and oxygen atoms in total. The van der Waals surface area contributed by atoms with Gasteiger partial charge in [-0.15, -0.1) is 0 Å². The number of rotatable bonds is 5. The van der Waals surface area contributed by atoms with Crippen molar-refractivity contribution in [1.82, 2.24) is 4.57 Å². The number of hydrogen-bond acceptors (Lipinski definition) is 6. The van der Waals surface area contributed by atoms with Crippen LogP contribution in [0, 0.1) is 0 Å². The van der Waals surface area contributed by atoms with Crippen LogP contribution in [0.5, 0.6) is 17.2 Å². The SMILES string of the molecule is COc1ccc(-n2ccc3cccc(OS(=O)(=O)C(F)(F)F)c3c2=O)cc1OC. The van der Waals surface area contributed by atoms with Crippen molar-refractivity contribution in [2.75, 3.05) is 14.2 Å². The van der Waals surface area contributed by atoms with Crippen LogP contribution in [-0.4, -0.2) is 32.7 Å². The van der Waals surface area contributed by atoms with Crippen molar-refractivity contribution in [2.45, 2.75) is 5.51 Å². The standard InChI is InChI=1S/C18H14F3NO6S/c1-26-13-7-6-12(10-15(13)27-2)22-9-8-11-4-3-5-14(16(11)17(22)23)28-29(24,25)18(19,20)21/h3-10H,1-2H3. The fraction of sp³-hybridized carbons (Fsp3) is 0.167. The van der Waals surface area contributed by atoms with Gasteiger partial charge >= 0.3 is 15.6 Å². The predicted molar refractivity (Wildman–Crippen MR) is 98.3 cm³/mol. The Morgan fingerprint density at radius 1 is 0.931 bits per heavy atom. The summed E-state index contributed by atoms with van der Waals surface area (Å²) in [7, 11) is -3.10. The molecule has 154 valence electrons. The molecule has 0 amide bonds. The fourth-order valence-corrected chi connectivity index (χ4v) is 3.14. The molecule has 0 radical (unpaired) electrons. The second kappa shape index (κ2) is 7.32. The number of ether oxygens (including phenoxy) is 2. The van der Waals surface area contributed by atoms with E-state index in [2.05, 4.69) is 4.18 Å². The first-order valence-corrected chi connectivity index (χ1v) is 9.37. The number of nitrogens with zero attached hydrogens (tertiary/aromatic N) is 1. The maximum atomic E-state index is 13.0. The van der Waals surface area contributed by atoms with Crippen LogP contribution in [0.15, 0.2) is 53.5 Å². The highest BCUT2D eigenvalue weighted by molar-refractivity contribution is 7.88. The third kappa shape index (κ3) is 3.73. The first-order chi connectivity index (χ1) is 13.6. The van der Waals surface area contributed by atoms with Crippen molar-refractivity contribution in [3.8, 4) is 22.9 Å². The third-order valence-electron chi connectivity index (χ3n) is 4.02. The van der Waals surface area contributed by atoms with Gasteiger partial charge in [0, 0.05) is 12.3 Å². The number of hydrogen-bond donors (Lipinski definition) is 0. The summed E-state index contributed by atoms with van der Waals surface area (Å²) in [4.78, 5) is 13.0. The summed E-state index contributed by atoms with van der Waals surface area (Å²) >= 11 is 0. The molecule has 0 spiro atoms. The van der Waals surface area contributed by atoms with E-state index in [4.69, 9.17) is 9.47 Å². The molecule has 3 aromatic rings. The van der Waals surface area contributed by atoms with Gasteiger partial charge in [0.2, 0.25) is 0 Å². The average molecular weight is 429 g/mol. The van der Waals surface area contributed by atoms with Gasteiger partial charge < -0.3 is 13.7 Å². The van der Waals surface area contributed by atoms with Gasteiger partial charge in [-0.1, -0.05) is 12.1 Å². The molecule has 1 heterocycles. The quantitative estimate of drug-likeness (QED) is 0.457. The second-order valence-corrected chi connectivity index (χ2v) is 7.27. The minimum Gasteiger partial charge on any atom is -0.493 e. The highest BCUT2D eigenvalue weighted by atomic mass is 32.2. The molecular formula is C18H14F3NO6S. The lowest BCUT2D eigenvalue weighted by Crippen LogP contribution is -2.28. The highest BCUT2D eigenvalue weighted by Gasteiger charge is 2.48. The Labute approximate surface area is 163 Å². The van der Waals surface area contributed by atoms with Crippen LogP contribution in [0.4, 0.5) is 13.2 Å². The van der Waals surface area contributed by atoms with Gasteiger partial charge in [0.05, 0.1) is 25.3 Å².